The van der Waals surface area contributed by atoms with Crippen LogP contribution in [0.3, 0.4) is 0 Å². The molecule has 5 rings (SSSR count). The predicted molar refractivity (Wildman–Crippen MR) is 140 cm³/mol. The summed E-state index contributed by atoms with van der Waals surface area (Å²) in [5, 5.41) is 0. The molecule has 2 fully saturated rings. The van der Waals surface area contributed by atoms with Crippen molar-refractivity contribution in [1.82, 2.24) is 34.3 Å². The lowest BCUT2D eigenvalue weighted by Crippen LogP contribution is -2.50. The molecule has 0 bridgehead atoms. The molecule has 0 aromatic carbocycles. The van der Waals surface area contributed by atoms with E-state index in [2.05, 4.69) is 31.8 Å². The number of fused-ring (bicyclic) bond motifs is 1. The maximum atomic E-state index is 15.2. The lowest BCUT2D eigenvalue weighted by molar-refractivity contribution is -0.0298. The van der Waals surface area contributed by atoms with Crippen LogP contribution in [0.1, 0.15) is 70.6 Å². The van der Waals surface area contributed by atoms with E-state index in [-0.39, 0.29) is 18.4 Å². The first-order chi connectivity index (χ1) is 18.1. The number of hydrogen-bond donors (Lipinski definition) is 0. The van der Waals surface area contributed by atoms with Crippen molar-refractivity contribution in [3.63, 3.8) is 0 Å². The van der Waals surface area contributed by atoms with Crippen molar-refractivity contribution in [3.8, 4) is 11.3 Å². The third-order valence-electron chi connectivity index (χ3n) is 7.11. The van der Waals surface area contributed by atoms with Crippen molar-refractivity contribution in [1.29, 1.82) is 0 Å². The minimum atomic E-state index is -0.599. The van der Waals surface area contributed by atoms with Gasteiger partial charge in [0.25, 0.3) is 0 Å². The molecule has 1 unspecified atom stereocenters. The average molecular weight is 526 g/mol. The van der Waals surface area contributed by atoms with E-state index < -0.39 is 11.5 Å². The second-order valence-corrected chi connectivity index (χ2v) is 11.1. The van der Waals surface area contributed by atoms with E-state index in [1.165, 1.54) is 0 Å². The summed E-state index contributed by atoms with van der Waals surface area (Å²) in [5.41, 5.74) is 2.23. The molecule has 11 heteroatoms. The topological polar surface area (TPSA) is 98.5 Å². The third-order valence-corrected chi connectivity index (χ3v) is 7.11. The highest BCUT2D eigenvalue weighted by atomic mass is 19.1. The molecule has 3 aromatic heterocycles. The number of pyridine rings is 1. The molecule has 5 heterocycles. The molecule has 204 valence electrons. The summed E-state index contributed by atoms with van der Waals surface area (Å²) in [6.45, 7) is 12.6. The van der Waals surface area contributed by atoms with Crippen LogP contribution in [0.15, 0.2) is 18.6 Å². The maximum absolute atomic E-state index is 15.2. The van der Waals surface area contributed by atoms with Crippen LogP contribution in [0, 0.1) is 12.9 Å². The molecule has 0 saturated carbocycles. The summed E-state index contributed by atoms with van der Waals surface area (Å²) in [6.07, 6.45) is 5.85. The van der Waals surface area contributed by atoms with Gasteiger partial charge in [-0.15, -0.1) is 0 Å². The number of imidazole rings is 1. The van der Waals surface area contributed by atoms with Gasteiger partial charge in [-0.1, -0.05) is 0 Å². The number of rotatable bonds is 4. The molecule has 1 amide bonds. The number of piperazine rings is 1. The van der Waals surface area contributed by atoms with Crippen LogP contribution in [0.2, 0.25) is 0 Å². The normalized spacial score (nSPS) is 20.1. The van der Waals surface area contributed by atoms with Gasteiger partial charge in [0.05, 0.1) is 11.9 Å². The highest BCUT2D eigenvalue weighted by molar-refractivity contribution is 5.87. The Morgan fingerprint density at radius 1 is 1.16 bits per heavy atom. The molecule has 2 aliphatic rings. The standard InChI is InChI=1S/C27H36FN7O3/c1-17(33-9-11-34(12-10-33)26(36)38-27(3,4)5)19-14-20(24(28)29-15-19)22-23-25(32-18(2)31-22)35(16-30-23)21-8-6-7-13-37-21/h14-17,21H,6-13H2,1-5H3/t17-,21?/m1/s1. The van der Waals surface area contributed by atoms with Crippen molar-refractivity contribution < 1.29 is 18.7 Å². The molecule has 2 atom stereocenters. The van der Waals surface area contributed by atoms with E-state index in [0.29, 0.717) is 61.0 Å². The van der Waals surface area contributed by atoms with Crippen molar-refractivity contribution in [2.75, 3.05) is 32.8 Å². The van der Waals surface area contributed by atoms with Crippen LogP contribution in [-0.2, 0) is 9.47 Å². The average Bonchev–Trinajstić information content (AvgIpc) is 3.31. The molecule has 3 aromatic rings. The zero-order valence-corrected chi connectivity index (χ0v) is 22.8. The second kappa shape index (κ2) is 10.5. The van der Waals surface area contributed by atoms with Crippen LogP contribution in [-0.4, -0.2) is 78.8 Å². The first-order valence-electron chi connectivity index (χ1n) is 13.3. The molecular formula is C27H36FN7O3. The van der Waals surface area contributed by atoms with Gasteiger partial charge in [0.15, 0.2) is 5.65 Å². The van der Waals surface area contributed by atoms with E-state index in [0.717, 1.165) is 24.8 Å². The zero-order valence-electron chi connectivity index (χ0n) is 22.8. The van der Waals surface area contributed by atoms with E-state index in [1.807, 2.05) is 31.4 Å². The van der Waals surface area contributed by atoms with Crippen LogP contribution >= 0.6 is 0 Å². The lowest BCUT2D eigenvalue weighted by Gasteiger charge is -2.38. The Kier molecular flexibility index (Phi) is 7.32. The van der Waals surface area contributed by atoms with Gasteiger partial charge in [0.2, 0.25) is 5.95 Å². The fraction of sp³-hybridized carbons (Fsp3) is 0.593. The predicted octanol–water partition coefficient (Wildman–Crippen LogP) is 4.65. The van der Waals surface area contributed by atoms with Crippen LogP contribution in [0.25, 0.3) is 22.4 Å². The lowest BCUT2D eigenvalue weighted by atomic mass is 10.0. The van der Waals surface area contributed by atoms with Gasteiger partial charge in [-0.25, -0.2) is 24.7 Å². The van der Waals surface area contributed by atoms with Crippen LogP contribution < -0.4 is 0 Å². The number of carbonyl (C=O) groups is 1. The van der Waals surface area contributed by atoms with Gasteiger partial charge in [0, 0.05) is 45.0 Å². The third kappa shape index (κ3) is 5.49. The number of halogens is 1. The van der Waals surface area contributed by atoms with Gasteiger partial charge < -0.3 is 14.4 Å². The smallest absolute Gasteiger partial charge is 0.410 e. The summed E-state index contributed by atoms with van der Waals surface area (Å²) in [4.78, 5) is 34.3. The summed E-state index contributed by atoms with van der Waals surface area (Å²) < 4.78 is 28.5. The largest absolute Gasteiger partial charge is 0.444 e. The fourth-order valence-electron chi connectivity index (χ4n) is 5.05. The highest BCUT2D eigenvalue weighted by Gasteiger charge is 2.29. The molecule has 38 heavy (non-hydrogen) atoms. The summed E-state index contributed by atoms with van der Waals surface area (Å²) in [7, 11) is 0. The van der Waals surface area contributed by atoms with Crippen molar-refractivity contribution in [2.24, 2.45) is 0 Å². The van der Waals surface area contributed by atoms with Gasteiger partial charge in [-0.05, 0) is 65.5 Å². The number of ether oxygens (including phenoxy) is 2. The number of carbonyl (C=O) groups excluding carboxylic acids is 1. The summed E-state index contributed by atoms with van der Waals surface area (Å²) in [6, 6.07) is 1.78. The number of amides is 1. The number of aryl methyl sites for hydroxylation is 1. The Labute approximate surface area is 222 Å². The van der Waals surface area contributed by atoms with Gasteiger partial charge in [0.1, 0.15) is 28.9 Å². The number of hydrogen-bond acceptors (Lipinski definition) is 8. The second-order valence-electron chi connectivity index (χ2n) is 11.1. The molecule has 0 radical (unpaired) electrons. The molecule has 0 aliphatic carbocycles. The monoisotopic (exact) mass is 525 g/mol. The molecule has 2 saturated heterocycles. The Morgan fingerprint density at radius 2 is 1.92 bits per heavy atom. The maximum Gasteiger partial charge on any atom is 0.410 e. The van der Waals surface area contributed by atoms with E-state index >= 15 is 4.39 Å². The van der Waals surface area contributed by atoms with Crippen molar-refractivity contribution in [2.45, 2.75) is 71.8 Å². The Bertz CT molecular complexity index is 1310. The Morgan fingerprint density at radius 3 is 2.61 bits per heavy atom. The van der Waals surface area contributed by atoms with Crippen LogP contribution in [0.4, 0.5) is 9.18 Å². The quantitative estimate of drug-likeness (QED) is 0.454. The van der Waals surface area contributed by atoms with Crippen molar-refractivity contribution >= 4 is 17.3 Å². The first kappa shape index (κ1) is 26.4. The Balaban J connectivity index is 1.38. The molecule has 10 nitrogen and oxygen atoms in total. The van der Waals surface area contributed by atoms with Crippen LogP contribution in [0.5, 0.6) is 0 Å². The highest BCUT2D eigenvalue weighted by Crippen LogP contribution is 2.33. The molecule has 0 spiro atoms. The minimum absolute atomic E-state index is 0.0331. The Hall–Kier alpha value is -3.18. The van der Waals surface area contributed by atoms with E-state index in [1.54, 1.807) is 24.3 Å². The van der Waals surface area contributed by atoms with Gasteiger partial charge in [-0.2, -0.15) is 4.39 Å². The van der Waals surface area contributed by atoms with Gasteiger partial charge in [-0.3, -0.25) is 9.47 Å². The summed E-state index contributed by atoms with van der Waals surface area (Å²) >= 11 is 0. The molecule has 0 N–H and O–H groups in total. The first-order valence-corrected chi connectivity index (χ1v) is 13.3. The SMILES string of the molecule is Cc1nc(-c2cc([C@@H](C)N3CCN(C(=O)OC(C)(C)C)CC3)cnc2F)c2ncn(C3CCCCO3)c2n1. The fourth-order valence-corrected chi connectivity index (χ4v) is 5.05. The minimum Gasteiger partial charge on any atom is -0.444 e. The van der Waals surface area contributed by atoms with E-state index in [9.17, 15) is 4.79 Å². The number of nitrogens with zero attached hydrogens (tertiary/aromatic N) is 7. The zero-order chi connectivity index (χ0) is 27.0. The van der Waals surface area contributed by atoms with Crippen molar-refractivity contribution in [3.05, 3.63) is 35.9 Å². The number of aromatic nitrogens is 5. The molecular weight excluding hydrogens is 489 g/mol. The molecule has 2 aliphatic heterocycles. The van der Waals surface area contributed by atoms with E-state index in [4.69, 9.17) is 9.47 Å². The summed E-state index contributed by atoms with van der Waals surface area (Å²) in [5.74, 6) is -0.0697. The van der Waals surface area contributed by atoms with Gasteiger partial charge >= 0.3 is 6.09 Å².